The number of amides is 3. The maximum absolute atomic E-state index is 12.7. The highest BCUT2D eigenvalue weighted by atomic mass is 79.9. The Bertz CT molecular complexity index is 1040. The third-order valence-electron chi connectivity index (χ3n) is 6.06. The molecule has 0 aliphatic carbocycles. The summed E-state index contributed by atoms with van der Waals surface area (Å²) in [6.07, 6.45) is 1.75. The van der Waals surface area contributed by atoms with Crippen molar-refractivity contribution in [2.45, 2.75) is 39.2 Å². The van der Waals surface area contributed by atoms with Crippen molar-refractivity contribution in [3.05, 3.63) is 63.1 Å². The molecule has 0 unspecified atom stereocenters. The number of ether oxygens (including phenoxy) is 1. The summed E-state index contributed by atoms with van der Waals surface area (Å²) < 4.78 is 6.84. The van der Waals surface area contributed by atoms with E-state index in [0.29, 0.717) is 24.2 Å². The number of nitrogens with zero attached hydrogens (tertiary/aromatic N) is 2. The highest BCUT2D eigenvalue weighted by Gasteiger charge is 2.36. The maximum Gasteiger partial charge on any atom is 0.261 e. The second-order valence-electron chi connectivity index (χ2n) is 8.15. The van der Waals surface area contributed by atoms with Crippen molar-refractivity contribution >= 4 is 33.7 Å². The van der Waals surface area contributed by atoms with E-state index in [-0.39, 0.29) is 36.8 Å². The van der Waals surface area contributed by atoms with E-state index in [2.05, 4.69) is 35.8 Å². The van der Waals surface area contributed by atoms with Crippen LogP contribution in [0.5, 0.6) is 5.75 Å². The summed E-state index contributed by atoms with van der Waals surface area (Å²) in [4.78, 5) is 40.7. The highest BCUT2D eigenvalue weighted by Crippen LogP contribution is 2.26. The van der Waals surface area contributed by atoms with Crippen LogP contribution in [0.4, 0.5) is 0 Å². The van der Waals surface area contributed by atoms with Gasteiger partial charge in [-0.2, -0.15) is 0 Å². The molecule has 0 radical (unpaired) electrons. The van der Waals surface area contributed by atoms with Gasteiger partial charge in [-0.15, -0.1) is 0 Å². The zero-order valence-corrected chi connectivity index (χ0v) is 19.3. The average Bonchev–Trinajstić information content (AvgIpc) is 2.99. The minimum absolute atomic E-state index is 0.0395. The number of likely N-dealkylation sites (tertiary alicyclic amines) is 1. The SMILES string of the molecule is Cc1ccc(OC2CCN(C(=O)CCN3C(=O)c4ccc(Br)cc4C3=O)CC2)cc1C. The molecule has 1 fully saturated rings. The van der Waals surface area contributed by atoms with E-state index in [1.54, 1.807) is 23.1 Å². The molecule has 31 heavy (non-hydrogen) atoms. The van der Waals surface area contributed by atoms with Gasteiger partial charge in [0.25, 0.3) is 11.8 Å². The van der Waals surface area contributed by atoms with Crippen LogP contribution in [0.3, 0.4) is 0 Å². The van der Waals surface area contributed by atoms with Crippen LogP contribution in [0.15, 0.2) is 40.9 Å². The lowest BCUT2D eigenvalue weighted by Gasteiger charge is -2.32. The fourth-order valence-electron chi connectivity index (χ4n) is 4.03. The molecular weight excluding hydrogens is 460 g/mol. The Morgan fingerprint density at radius 2 is 1.71 bits per heavy atom. The number of hydrogen-bond acceptors (Lipinski definition) is 4. The monoisotopic (exact) mass is 484 g/mol. The van der Waals surface area contributed by atoms with Gasteiger partial charge in [-0.1, -0.05) is 22.0 Å². The zero-order valence-electron chi connectivity index (χ0n) is 17.7. The summed E-state index contributed by atoms with van der Waals surface area (Å²) in [5.41, 5.74) is 3.21. The lowest BCUT2D eigenvalue weighted by Crippen LogP contribution is -2.43. The number of fused-ring (bicyclic) bond motifs is 1. The van der Waals surface area contributed by atoms with Crippen LogP contribution < -0.4 is 4.74 Å². The van der Waals surface area contributed by atoms with E-state index in [9.17, 15) is 14.4 Å². The standard InChI is InChI=1S/C24H25BrN2O4/c1-15-3-5-19(13-16(15)2)31-18-7-10-26(11-8-18)22(28)9-12-27-23(29)20-6-4-17(25)14-21(20)24(27)30/h3-6,13-14,18H,7-12H2,1-2H3. The van der Waals surface area contributed by atoms with Crippen molar-refractivity contribution in [2.75, 3.05) is 19.6 Å². The molecule has 162 valence electrons. The van der Waals surface area contributed by atoms with E-state index in [1.807, 2.05) is 12.1 Å². The molecule has 0 N–H and O–H groups in total. The van der Waals surface area contributed by atoms with E-state index in [1.165, 1.54) is 16.0 Å². The summed E-state index contributed by atoms with van der Waals surface area (Å²) in [7, 11) is 0. The number of benzene rings is 2. The second kappa shape index (κ2) is 8.83. The van der Waals surface area contributed by atoms with Crippen LogP contribution in [0.1, 0.15) is 51.1 Å². The molecule has 0 bridgehead atoms. The van der Waals surface area contributed by atoms with Crippen molar-refractivity contribution in [1.82, 2.24) is 9.80 Å². The molecule has 6 nitrogen and oxygen atoms in total. The maximum atomic E-state index is 12.7. The Hall–Kier alpha value is -2.67. The molecule has 0 atom stereocenters. The first-order chi connectivity index (χ1) is 14.8. The molecular formula is C24H25BrN2O4. The molecule has 3 amide bonds. The number of rotatable bonds is 5. The molecule has 0 aromatic heterocycles. The molecule has 1 saturated heterocycles. The van der Waals surface area contributed by atoms with E-state index >= 15 is 0 Å². The minimum atomic E-state index is -0.338. The largest absolute Gasteiger partial charge is 0.490 e. The number of carbonyl (C=O) groups excluding carboxylic acids is 3. The van der Waals surface area contributed by atoms with Crippen molar-refractivity contribution in [3.63, 3.8) is 0 Å². The van der Waals surface area contributed by atoms with Gasteiger partial charge in [0.05, 0.1) is 11.1 Å². The molecule has 2 aliphatic rings. The van der Waals surface area contributed by atoms with Crippen molar-refractivity contribution in [3.8, 4) is 5.75 Å². The normalized spacial score (nSPS) is 16.6. The fourth-order valence-corrected chi connectivity index (χ4v) is 4.40. The second-order valence-corrected chi connectivity index (χ2v) is 9.06. The van der Waals surface area contributed by atoms with Crippen LogP contribution >= 0.6 is 15.9 Å². The van der Waals surface area contributed by atoms with Gasteiger partial charge in [0.2, 0.25) is 5.91 Å². The Kier molecular flexibility index (Phi) is 6.14. The average molecular weight is 485 g/mol. The van der Waals surface area contributed by atoms with Crippen molar-refractivity contribution < 1.29 is 19.1 Å². The number of imide groups is 1. The summed E-state index contributed by atoms with van der Waals surface area (Å²) >= 11 is 3.33. The minimum Gasteiger partial charge on any atom is -0.490 e. The predicted octanol–water partition coefficient (Wildman–Crippen LogP) is 4.12. The van der Waals surface area contributed by atoms with Crippen LogP contribution in [-0.2, 0) is 4.79 Å². The first-order valence-corrected chi connectivity index (χ1v) is 11.3. The van der Waals surface area contributed by atoms with Gasteiger partial charge in [0.1, 0.15) is 11.9 Å². The first kappa shape index (κ1) is 21.6. The van der Waals surface area contributed by atoms with Crippen molar-refractivity contribution in [1.29, 1.82) is 0 Å². The first-order valence-electron chi connectivity index (χ1n) is 10.5. The third-order valence-corrected chi connectivity index (χ3v) is 6.55. The topological polar surface area (TPSA) is 66.9 Å². The number of halogens is 1. The quantitative estimate of drug-likeness (QED) is 0.598. The summed E-state index contributed by atoms with van der Waals surface area (Å²) in [6.45, 7) is 5.47. The Morgan fingerprint density at radius 1 is 1.00 bits per heavy atom. The van der Waals surface area contributed by atoms with Crippen molar-refractivity contribution in [2.24, 2.45) is 0 Å². The molecule has 0 spiro atoms. The van der Waals surface area contributed by atoms with Gasteiger partial charge in [-0.25, -0.2) is 0 Å². The van der Waals surface area contributed by atoms with Gasteiger partial charge in [-0.05, 0) is 55.3 Å². The lowest BCUT2D eigenvalue weighted by molar-refractivity contribution is -0.133. The number of piperidine rings is 1. The summed E-state index contributed by atoms with van der Waals surface area (Å²) in [5.74, 6) is 0.155. The predicted molar refractivity (Wildman–Crippen MR) is 120 cm³/mol. The van der Waals surface area contributed by atoms with Crippen LogP contribution in [0.25, 0.3) is 0 Å². The Labute approximate surface area is 190 Å². The van der Waals surface area contributed by atoms with Crippen LogP contribution in [0.2, 0.25) is 0 Å². The molecule has 2 aromatic carbocycles. The lowest BCUT2D eigenvalue weighted by atomic mass is 10.1. The molecule has 7 heteroatoms. The van der Waals surface area contributed by atoms with Gasteiger partial charge in [0.15, 0.2) is 0 Å². The van der Waals surface area contributed by atoms with Crippen LogP contribution in [0, 0.1) is 13.8 Å². The fraction of sp³-hybridized carbons (Fsp3) is 0.375. The summed E-state index contributed by atoms with van der Waals surface area (Å²) in [5, 5.41) is 0. The van der Waals surface area contributed by atoms with Crippen LogP contribution in [-0.4, -0.2) is 53.3 Å². The number of hydrogen-bond donors (Lipinski definition) is 0. The number of carbonyl (C=O) groups is 3. The van der Waals surface area contributed by atoms with Gasteiger partial charge in [0, 0.05) is 43.4 Å². The van der Waals surface area contributed by atoms with Gasteiger partial charge in [-0.3, -0.25) is 19.3 Å². The number of aryl methyl sites for hydroxylation is 2. The molecule has 2 heterocycles. The summed E-state index contributed by atoms with van der Waals surface area (Å²) in [6, 6.07) is 11.1. The van der Waals surface area contributed by atoms with E-state index in [0.717, 1.165) is 23.1 Å². The molecule has 2 aliphatic heterocycles. The van der Waals surface area contributed by atoms with E-state index < -0.39 is 0 Å². The smallest absolute Gasteiger partial charge is 0.261 e. The highest BCUT2D eigenvalue weighted by molar-refractivity contribution is 9.10. The van der Waals surface area contributed by atoms with Gasteiger partial charge >= 0.3 is 0 Å². The Morgan fingerprint density at radius 3 is 2.42 bits per heavy atom. The molecule has 2 aromatic rings. The zero-order chi connectivity index (χ0) is 22.1. The molecule has 0 saturated carbocycles. The third kappa shape index (κ3) is 4.51. The molecule has 4 rings (SSSR count). The van der Waals surface area contributed by atoms with E-state index in [4.69, 9.17) is 4.74 Å². The Balaban J connectivity index is 1.27. The van der Waals surface area contributed by atoms with Gasteiger partial charge < -0.3 is 9.64 Å².